The number of ether oxygens (including phenoxy) is 1. The van der Waals surface area contributed by atoms with Crippen molar-refractivity contribution in [1.29, 1.82) is 0 Å². The molecule has 1 aliphatic heterocycles. The number of nitrogens with one attached hydrogen (secondary N) is 1. The van der Waals surface area contributed by atoms with Crippen LogP contribution in [0.2, 0.25) is 0 Å². The molecule has 0 unspecified atom stereocenters. The van der Waals surface area contributed by atoms with Crippen LogP contribution in [0.3, 0.4) is 0 Å². The number of carbonyl (C=O) groups excluding carboxylic acids is 2. The first-order valence-corrected chi connectivity index (χ1v) is 15.4. The van der Waals surface area contributed by atoms with Gasteiger partial charge in [0.25, 0.3) is 15.9 Å². The third kappa shape index (κ3) is 8.55. The molecule has 0 atom stereocenters. The van der Waals surface area contributed by atoms with Crippen molar-refractivity contribution in [2.24, 2.45) is 4.99 Å². The van der Waals surface area contributed by atoms with Crippen molar-refractivity contribution >= 4 is 74.3 Å². The number of rotatable bonds is 9. The monoisotopic (exact) mass is 620 g/mol. The number of hydrogen-bond donors (Lipinski definition) is 1. The molecule has 0 saturated heterocycles. The number of nitrogens with zero attached hydrogens (tertiary/aromatic N) is 1. The van der Waals surface area contributed by atoms with E-state index in [0.717, 1.165) is 33.6 Å². The van der Waals surface area contributed by atoms with Gasteiger partial charge in [-0.15, -0.1) is 0 Å². The Morgan fingerprint density at radius 3 is 2.05 bits per heavy atom. The van der Waals surface area contributed by atoms with Crippen LogP contribution in [0.25, 0.3) is 17.2 Å². The Hall–Kier alpha value is -3.47. The summed E-state index contributed by atoms with van der Waals surface area (Å²) < 4.78 is 32.3. The Morgan fingerprint density at radius 1 is 0.860 bits per heavy atom. The fraction of sp³-hybridized carbons (Fsp3) is 0.121. The van der Waals surface area contributed by atoms with Gasteiger partial charge >= 0.3 is 29.6 Å². The topological polar surface area (TPSA) is 102 Å². The van der Waals surface area contributed by atoms with Crippen LogP contribution >= 0.6 is 11.8 Å². The predicted octanol–water partition coefficient (Wildman–Crippen LogP) is 5.33. The molecule has 2 amide bonds. The molecular formula is C33H29N2NaO5S2. The first kappa shape index (κ1) is 32.4. The summed E-state index contributed by atoms with van der Waals surface area (Å²) in [5.74, 6) is -0.0769. The molecule has 4 aromatic carbocycles. The van der Waals surface area contributed by atoms with Crippen molar-refractivity contribution in [1.82, 2.24) is 4.72 Å². The molecule has 0 aromatic heterocycles. The zero-order valence-electron chi connectivity index (χ0n) is 23.0. The maximum atomic E-state index is 12.6. The van der Waals surface area contributed by atoms with Gasteiger partial charge in [0, 0.05) is 6.42 Å². The summed E-state index contributed by atoms with van der Waals surface area (Å²) in [6.45, 7) is 1.86. The average molecular weight is 621 g/mol. The number of benzene rings is 4. The second-order valence-electron chi connectivity index (χ2n) is 9.78. The Morgan fingerprint density at radius 2 is 1.44 bits per heavy atom. The van der Waals surface area contributed by atoms with Gasteiger partial charge in [-0.05, 0) is 65.1 Å². The van der Waals surface area contributed by atoms with Crippen molar-refractivity contribution in [2.75, 3.05) is 7.11 Å². The normalized spacial score (nSPS) is 13.8. The molecule has 5 rings (SSSR count). The standard InChI is InChI=1S/C33H28N2O5S2.Na.H/c1-22-3-17-29(18-4-22)42(38,39)35-31(36)20-24-5-7-25(8-6-24)21-32-34-33(37)30(41-32)19-23-9-11-26(12-10-23)27-13-15-28(40-2)16-14-27;;/h3-19H,20-21H2,1-2H3,(H,35,36);;/b30-19+;;. The van der Waals surface area contributed by atoms with Crippen LogP contribution in [0.15, 0.2) is 112 Å². The van der Waals surface area contributed by atoms with Crippen molar-refractivity contribution in [3.63, 3.8) is 0 Å². The van der Waals surface area contributed by atoms with Gasteiger partial charge in [0.05, 0.1) is 28.4 Å². The second-order valence-corrected chi connectivity index (χ2v) is 12.6. The number of aryl methyl sites for hydroxylation is 1. The van der Waals surface area contributed by atoms with E-state index in [2.05, 4.69) is 9.71 Å². The molecule has 0 fully saturated rings. The van der Waals surface area contributed by atoms with E-state index in [0.29, 0.717) is 21.9 Å². The Labute approximate surface area is 277 Å². The van der Waals surface area contributed by atoms with Crippen molar-refractivity contribution in [2.45, 2.75) is 24.7 Å². The van der Waals surface area contributed by atoms with E-state index in [1.807, 2.05) is 73.7 Å². The summed E-state index contributed by atoms with van der Waals surface area (Å²) >= 11 is 1.35. The van der Waals surface area contributed by atoms with E-state index in [1.165, 1.54) is 23.9 Å². The SMILES string of the molecule is COc1ccc(-c2ccc(/C=C3/SC(Cc4ccc(CC(=O)NS(=O)(=O)c5ccc(C)cc5)cc4)=NC3=O)cc2)cc1.[NaH]. The van der Waals surface area contributed by atoms with Crippen LogP contribution < -0.4 is 9.46 Å². The van der Waals surface area contributed by atoms with E-state index in [1.54, 1.807) is 31.4 Å². The van der Waals surface area contributed by atoms with Crippen LogP contribution in [-0.4, -0.2) is 61.9 Å². The zero-order chi connectivity index (χ0) is 29.7. The fourth-order valence-electron chi connectivity index (χ4n) is 4.33. The van der Waals surface area contributed by atoms with Gasteiger partial charge in [0.15, 0.2) is 0 Å². The summed E-state index contributed by atoms with van der Waals surface area (Å²) in [7, 11) is -2.29. The number of aliphatic imine (C=N–C) groups is 1. The molecule has 43 heavy (non-hydrogen) atoms. The number of carbonyl (C=O) groups is 2. The Balaban J connectivity index is 0.00000423. The van der Waals surface area contributed by atoms with Crippen molar-refractivity contribution in [3.8, 4) is 16.9 Å². The Bertz CT molecular complexity index is 1780. The van der Waals surface area contributed by atoms with Gasteiger partial charge in [-0.25, -0.2) is 18.1 Å². The van der Waals surface area contributed by atoms with Crippen molar-refractivity contribution in [3.05, 3.63) is 124 Å². The first-order chi connectivity index (χ1) is 20.2. The summed E-state index contributed by atoms with van der Waals surface area (Å²) in [6.07, 6.45) is 2.23. The Kier molecular flexibility index (Phi) is 10.8. The van der Waals surface area contributed by atoms with Crippen LogP contribution in [0, 0.1) is 6.92 Å². The minimum absolute atomic E-state index is 0. The van der Waals surface area contributed by atoms with Gasteiger partial charge in [-0.1, -0.05) is 90.1 Å². The predicted molar refractivity (Wildman–Crippen MR) is 174 cm³/mol. The molecule has 4 aromatic rings. The van der Waals surface area contributed by atoms with E-state index in [-0.39, 0.29) is 46.8 Å². The molecule has 1 heterocycles. The minimum atomic E-state index is -3.93. The molecule has 0 radical (unpaired) electrons. The third-order valence-corrected chi connectivity index (χ3v) is 8.99. The maximum absolute atomic E-state index is 12.6. The van der Waals surface area contributed by atoms with Gasteiger partial charge in [-0.3, -0.25) is 9.59 Å². The van der Waals surface area contributed by atoms with Crippen LogP contribution in [0.1, 0.15) is 22.3 Å². The first-order valence-electron chi connectivity index (χ1n) is 13.1. The summed E-state index contributed by atoms with van der Waals surface area (Å²) in [4.78, 5) is 29.8. The average Bonchev–Trinajstić information content (AvgIpc) is 3.32. The van der Waals surface area contributed by atoms with Crippen LogP contribution in [0.5, 0.6) is 5.75 Å². The summed E-state index contributed by atoms with van der Waals surface area (Å²) in [5.41, 5.74) is 5.57. The molecule has 7 nitrogen and oxygen atoms in total. The molecular weight excluding hydrogens is 591 g/mol. The number of hydrogen-bond acceptors (Lipinski definition) is 6. The number of methoxy groups -OCH3 is 1. The van der Waals surface area contributed by atoms with E-state index < -0.39 is 15.9 Å². The number of sulfonamides is 1. The zero-order valence-corrected chi connectivity index (χ0v) is 24.7. The van der Waals surface area contributed by atoms with E-state index in [9.17, 15) is 18.0 Å². The van der Waals surface area contributed by atoms with Crippen LogP contribution in [-0.2, 0) is 32.5 Å². The van der Waals surface area contributed by atoms with Gasteiger partial charge in [-0.2, -0.15) is 0 Å². The van der Waals surface area contributed by atoms with Crippen molar-refractivity contribution < 1.29 is 22.7 Å². The summed E-state index contributed by atoms with van der Waals surface area (Å²) in [6, 6.07) is 29.4. The molecule has 0 saturated carbocycles. The third-order valence-electron chi connectivity index (χ3n) is 6.62. The quantitative estimate of drug-likeness (QED) is 0.201. The molecule has 10 heteroatoms. The molecule has 1 aliphatic rings. The van der Waals surface area contributed by atoms with E-state index >= 15 is 0 Å². The molecule has 0 aliphatic carbocycles. The molecule has 214 valence electrons. The number of thioether (sulfide) groups is 1. The number of amides is 2. The van der Waals surface area contributed by atoms with Gasteiger partial charge in [0.2, 0.25) is 5.91 Å². The van der Waals surface area contributed by atoms with E-state index in [4.69, 9.17) is 4.74 Å². The molecule has 0 spiro atoms. The van der Waals surface area contributed by atoms with Crippen LogP contribution in [0.4, 0.5) is 0 Å². The summed E-state index contributed by atoms with van der Waals surface area (Å²) in [5, 5.41) is 0.691. The molecule has 0 bridgehead atoms. The van der Waals surface area contributed by atoms with Gasteiger partial charge < -0.3 is 4.74 Å². The fourth-order valence-corrected chi connectivity index (χ4v) is 6.27. The van der Waals surface area contributed by atoms with Gasteiger partial charge in [0.1, 0.15) is 5.75 Å². The molecule has 1 N–H and O–H groups in total. The second kappa shape index (κ2) is 14.3.